The number of sulfonamides is 1. The van der Waals surface area contributed by atoms with E-state index in [9.17, 15) is 13.2 Å². The summed E-state index contributed by atoms with van der Waals surface area (Å²) in [7, 11) is -1.81. The molecular weight excluding hydrogens is 288 g/mol. The minimum Gasteiger partial charge on any atom is -0.365 e. The Balaban J connectivity index is 1.93. The van der Waals surface area contributed by atoms with Gasteiger partial charge in [0.2, 0.25) is 15.9 Å². The van der Waals surface area contributed by atoms with Crippen LogP contribution in [0.5, 0.6) is 0 Å². The molecule has 1 saturated heterocycles. The molecule has 0 aliphatic carbocycles. The number of amides is 1. The molecule has 1 N–H and O–H groups in total. The molecule has 0 bridgehead atoms. The molecule has 0 radical (unpaired) electrons. The molecule has 1 unspecified atom stereocenters. The molecule has 0 spiro atoms. The summed E-state index contributed by atoms with van der Waals surface area (Å²) >= 11 is 1.23. The van der Waals surface area contributed by atoms with Crippen LogP contribution < -0.4 is 4.72 Å². The summed E-state index contributed by atoms with van der Waals surface area (Å²) in [5.74, 6) is -0.0898. The van der Waals surface area contributed by atoms with E-state index < -0.39 is 10.0 Å². The number of morpholine rings is 1. The third-order valence-corrected chi connectivity index (χ3v) is 5.74. The molecule has 1 fully saturated rings. The molecule has 1 aromatic heterocycles. The van der Waals surface area contributed by atoms with Gasteiger partial charge in [0.1, 0.15) is 10.8 Å². The second kappa shape index (κ2) is 5.58. The van der Waals surface area contributed by atoms with E-state index in [4.69, 9.17) is 4.74 Å². The van der Waals surface area contributed by atoms with Gasteiger partial charge < -0.3 is 9.64 Å². The summed E-state index contributed by atoms with van der Waals surface area (Å²) in [6, 6.07) is 3.35. The fourth-order valence-electron chi connectivity index (χ4n) is 1.71. The average Bonchev–Trinajstić information content (AvgIpc) is 2.78. The summed E-state index contributed by atoms with van der Waals surface area (Å²) in [6.45, 7) is 2.41. The van der Waals surface area contributed by atoms with Crippen LogP contribution in [0.15, 0.2) is 16.3 Å². The van der Waals surface area contributed by atoms with Gasteiger partial charge in [0.15, 0.2) is 0 Å². The number of carbonyl (C=O) groups excluding carboxylic acids is 1. The number of hydrogen-bond donors (Lipinski definition) is 1. The summed E-state index contributed by atoms with van der Waals surface area (Å²) in [4.78, 5) is 13.7. The van der Waals surface area contributed by atoms with Crippen molar-refractivity contribution < 1.29 is 17.9 Å². The lowest BCUT2D eigenvalue weighted by Crippen LogP contribution is -2.48. The maximum Gasteiger partial charge on any atom is 0.250 e. The van der Waals surface area contributed by atoms with Crippen molar-refractivity contribution in [3.63, 3.8) is 0 Å². The molecule has 1 aromatic rings. The van der Waals surface area contributed by atoms with Gasteiger partial charge in [-0.15, -0.1) is 11.3 Å². The standard InChI is InChI=1S/C11H16N2O4S2/c1-8-3-4-11(18-8)19(15,16)12-5-9-6-13(2)10(14)7-17-9/h3-4,9,12H,5-7H2,1-2H3. The number of rotatable bonds is 4. The lowest BCUT2D eigenvalue weighted by molar-refractivity contribution is -0.146. The highest BCUT2D eigenvalue weighted by molar-refractivity contribution is 7.91. The highest BCUT2D eigenvalue weighted by Gasteiger charge is 2.25. The van der Waals surface area contributed by atoms with E-state index in [-0.39, 0.29) is 25.2 Å². The minimum absolute atomic E-state index is 0.000996. The van der Waals surface area contributed by atoms with Crippen LogP contribution in [0.3, 0.4) is 0 Å². The van der Waals surface area contributed by atoms with Crippen LogP contribution >= 0.6 is 11.3 Å². The zero-order valence-corrected chi connectivity index (χ0v) is 12.4. The van der Waals surface area contributed by atoms with E-state index in [1.807, 2.05) is 6.92 Å². The quantitative estimate of drug-likeness (QED) is 0.862. The Morgan fingerprint density at radius 3 is 2.84 bits per heavy atom. The van der Waals surface area contributed by atoms with E-state index >= 15 is 0 Å². The smallest absolute Gasteiger partial charge is 0.250 e. The van der Waals surface area contributed by atoms with Crippen molar-refractivity contribution in [1.29, 1.82) is 0 Å². The molecule has 0 aromatic carbocycles. The van der Waals surface area contributed by atoms with E-state index in [0.717, 1.165) is 4.88 Å². The summed E-state index contributed by atoms with van der Waals surface area (Å²) in [5.41, 5.74) is 0. The highest BCUT2D eigenvalue weighted by Crippen LogP contribution is 2.20. The zero-order valence-electron chi connectivity index (χ0n) is 10.8. The number of carbonyl (C=O) groups is 1. The van der Waals surface area contributed by atoms with Gasteiger partial charge >= 0.3 is 0 Å². The molecule has 1 amide bonds. The number of hydrogen-bond acceptors (Lipinski definition) is 5. The summed E-state index contributed by atoms with van der Waals surface area (Å²) < 4.78 is 32.1. The molecule has 2 heterocycles. The number of nitrogens with zero attached hydrogens (tertiary/aromatic N) is 1. The van der Waals surface area contributed by atoms with Crippen molar-refractivity contribution in [2.24, 2.45) is 0 Å². The third-order valence-electron chi connectivity index (χ3n) is 2.83. The first-order valence-electron chi connectivity index (χ1n) is 5.80. The van der Waals surface area contributed by atoms with Crippen molar-refractivity contribution in [1.82, 2.24) is 9.62 Å². The topological polar surface area (TPSA) is 75.7 Å². The van der Waals surface area contributed by atoms with Crippen molar-refractivity contribution in [3.05, 3.63) is 17.0 Å². The number of ether oxygens (including phenoxy) is 1. The molecular formula is C11H16N2O4S2. The number of thiophene rings is 1. The first kappa shape index (κ1) is 14.4. The summed E-state index contributed by atoms with van der Waals surface area (Å²) in [6.07, 6.45) is -0.307. The molecule has 106 valence electrons. The predicted molar refractivity (Wildman–Crippen MR) is 71.6 cm³/mol. The molecule has 1 aliphatic rings. The van der Waals surface area contributed by atoms with E-state index in [1.54, 1.807) is 19.2 Å². The SMILES string of the molecule is Cc1ccc(S(=O)(=O)NCC2CN(C)C(=O)CO2)s1. The van der Waals surface area contributed by atoms with Gasteiger partial charge in [-0.25, -0.2) is 13.1 Å². The fraction of sp³-hybridized carbons (Fsp3) is 0.545. The first-order chi connectivity index (χ1) is 8.88. The second-order valence-corrected chi connectivity index (χ2v) is 7.71. The van der Waals surface area contributed by atoms with Crippen LogP contribution in [0, 0.1) is 6.92 Å². The lowest BCUT2D eigenvalue weighted by Gasteiger charge is -2.29. The van der Waals surface area contributed by atoms with E-state index in [2.05, 4.69) is 4.72 Å². The van der Waals surface area contributed by atoms with Crippen molar-refractivity contribution in [2.45, 2.75) is 17.2 Å². The predicted octanol–water partition coefficient (Wildman–Crippen LogP) is 0.192. The molecule has 1 atom stereocenters. The molecule has 8 heteroatoms. The van der Waals surface area contributed by atoms with Crippen LogP contribution in [0.2, 0.25) is 0 Å². The van der Waals surface area contributed by atoms with Gasteiger partial charge in [-0.2, -0.15) is 0 Å². The normalized spacial score (nSPS) is 20.8. The Hall–Kier alpha value is -0.960. The van der Waals surface area contributed by atoms with Gasteiger partial charge in [0.25, 0.3) is 0 Å². The van der Waals surface area contributed by atoms with E-state index in [0.29, 0.717) is 10.8 Å². The number of likely N-dealkylation sites (N-methyl/N-ethyl adjacent to an activating group) is 1. The van der Waals surface area contributed by atoms with Gasteiger partial charge in [-0.1, -0.05) is 0 Å². The first-order valence-corrected chi connectivity index (χ1v) is 8.10. The van der Waals surface area contributed by atoms with Gasteiger partial charge in [0, 0.05) is 25.0 Å². The summed E-state index contributed by atoms with van der Waals surface area (Å²) in [5, 5.41) is 0. The Morgan fingerprint density at radius 1 is 1.53 bits per heavy atom. The van der Waals surface area contributed by atoms with Gasteiger partial charge in [0.05, 0.1) is 6.10 Å². The third kappa shape index (κ3) is 3.53. The molecule has 6 nitrogen and oxygen atoms in total. The van der Waals surface area contributed by atoms with Gasteiger partial charge in [-0.3, -0.25) is 4.79 Å². The van der Waals surface area contributed by atoms with Crippen molar-refractivity contribution in [3.8, 4) is 0 Å². The van der Waals surface area contributed by atoms with Crippen LogP contribution in [-0.4, -0.2) is 52.1 Å². The Kier molecular flexibility index (Phi) is 4.24. The van der Waals surface area contributed by atoms with Gasteiger partial charge in [-0.05, 0) is 19.1 Å². The van der Waals surface area contributed by atoms with Crippen LogP contribution in [0.25, 0.3) is 0 Å². The Morgan fingerprint density at radius 2 is 2.26 bits per heavy atom. The fourth-order valence-corrected chi connectivity index (χ4v) is 4.11. The zero-order chi connectivity index (χ0) is 14.0. The van der Waals surface area contributed by atoms with Crippen LogP contribution in [-0.2, 0) is 19.6 Å². The van der Waals surface area contributed by atoms with Crippen molar-refractivity contribution >= 4 is 27.3 Å². The maximum atomic E-state index is 12.0. The Labute approximate surface area is 116 Å². The molecule has 19 heavy (non-hydrogen) atoms. The van der Waals surface area contributed by atoms with E-state index in [1.165, 1.54) is 16.2 Å². The molecule has 1 aliphatic heterocycles. The molecule has 2 rings (SSSR count). The average molecular weight is 304 g/mol. The van der Waals surface area contributed by atoms with Crippen LogP contribution in [0.1, 0.15) is 4.88 Å². The lowest BCUT2D eigenvalue weighted by atomic mass is 10.3. The largest absolute Gasteiger partial charge is 0.365 e. The Bertz CT molecular complexity index is 567. The highest BCUT2D eigenvalue weighted by atomic mass is 32.2. The minimum atomic E-state index is -3.48. The number of nitrogens with one attached hydrogen (secondary N) is 1. The monoisotopic (exact) mass is 304 g/mol. The van der Waals surface area contributed by atoms with Crippen molar-refractivity contribution in [2.75, 3.05) is 26.7 Å². The second-order valence-electron chi connectivity index (χ2n) is 4.42. The maximum absolute atomic E-state index is 12.0. The van der Waals surface area contributed by atoms with Crippen LogP contribution in [0.4, 0.5) is 0 Å². The molecule has 0 saturated carbocycles. The number of aryl methyl sites for hydroxylation is 1.